The van der Waals surface area contributed by atoms with Crippen molar-refractivity contribution in [2.75, 3.05) is 13.7 Å². The molecular weight excluding hydrogens is 542 g/mol. The minimum Gasteiger partial charge on any atom is -0.508 e. The first kappa shape index (κ1) is 32.1. The monoisotopic (exact) mass is 581 g/mol. The van der Waals surface area contributed by atoms with Crippen molar-refractivity contribution in [3.8, 4) is 5.75 Å². The third-order valence-corrected chi connectivity index (χ3v) is 6.78. The summed E-state index contributed by atoms with van der Waals surface area (Å²) in [7, 11) is 1.24. The molecule has 2 aromatic carbocycles. The first-order valence-electron chi connectivity index (χ1n) is 13.7. The molecule has 0 fully saturated rings. The topological polar surface area (TPSA) is 196 Å². The van der Waals surface area contributed by atoms with Gasteiger partial charge in [-0.05, 0) is 41.7 Å². The molecule has 3 amide bonds. The highest BCUT2D eigenvalue weighted by atomic mass is 16.5. The largest absolute Gasteiger partial charge is 0.508 e. The summed E-state index contributed by atoms with van der Waals surface area (Å²) in [5.74, 6) is -2.55. The van der Waals surface area contributed by atoms with Crippen LogP contribution in [0.1, 0.15) is 31.4 Å². The van der Waals surface area contributed by atoms with Crippen LogP contribution in [0.15, 0.2) is 54.7 Å². The van der Waals surface area contributed by atoms with Gasteiger partial charge in [-0.3, -0.25) is 14.4 Å². The van der Waals surface area contributed by atoms with Crippen molar-refractivity contribution >= 4 is 34.6 Å². The molecule has 0 aliphatic heterocycles. The number of fused-ring (bicyclic) bond motifs is 1. The number of aromatic hydroxyl groups is 1. The molecule has 8 N–H and O–H groups in total. The SMILES string of the molecule is COC(=O)[C@H](CC(C)C)NC(=O)[C@@H](Cc1c[nH]c2ccccc12)NC(=O)[C@H](Cc1ccc(O)cc1)NC(=O)[C@@H](N)CO. The lowest BCUT2D eigenvalue weighted by molar-refractivity contribution is -0.146. The molecule has 4 atom stereocenters. The lowest BCUT2D eigenvalue weighted by Gasteiger charge is -2.26. The summed E-state index contributed by atoms with van der Waals surface area (Å²) in [5.41, 5.74) is 7.89. The molecule has 0 aliphatic carbocycles. The molecule has 42 heavy (non-hydrogen) atoms. The first-order valence-corrected chi connectivity index (χ1v) is 13.7. The van der Waals surface area contributed by atoms with Gasteiger partial charge in [-0.25, -0.2) is 4.79 Å². The number of methoxy groups -OCH3 is 1. The van der Waals surface area contributed by atoms with Crippen LogP contribution >= 0.6 is 0 Å². The Bertz CT molecular complexity index is 1370. The Labute approximate surface area is 244 Å². The van der Waals surface area contributed by atoms with E-state index in [9.17, 15) is 29.4 Å². The number of esters is 1. The first-order chi connectivity index (χ1) is 20.0. The van der Waals surface area contributed by atoms with Crippen molar-refractivity contribution < 1.29 is 34.1 Å². The third-order valence-electron chi connectivity index (χ3n) is 6.78. The number of H-pyrrole nitrogens is 1. The Morgan fingerprint density at radius 2 is 1.48 bits per heavy atom. The summed E-state index contributed by atoms with van der Waals surface area (Å²) in [6, 6.07) is 9.07. The average Bonchev–Trinajstić information content (AvgIpc) is 3.38. The molecule has 0 saturated carbocycles. The van der Waals surface area contributed by atoms with E-state index < -0.39 is 54.5 Å². The molecule has 3 rings (SSSR count). The Kier molecular flexibility index (Phi) is 11.5. The molecule has 1 heterocycles. The number of carbonyl (C=O) groups excluding carboxylic acids is 4. The molecule has 0 bridgehead atoms. The maximum Gasteiger partial charge on any atom is 0.328 e. The van der Waals surface area contributed by atoms with Gasteiger partial charge in [-0.2, -0.15) is 0 Å². The summed E-state index contributed by atoms with van der Waals surface area (Å²) in [4.78, 5) is 55.5. The Balaban J connectivity index is 1.92. The number of para-hydroxylation sites is 1. The second kappa shape index (κ2) is 15.0. The van der Waals surface area contributed by atoms with Crippen LogP contribution in [-0.2, 0) is 36.8 Å². The molecule has 0 saturated heterocycles. The lowest BCUT2D eigenvalue weighted by Crippen LogP contribution is -2.58. The number of nitrogens with two attached hydrogens (primary N) is 1. The molecule has 0 radical (unpaired) electrons. The van der Waals surface area contributed by atoms with Gasteiger partial charge in [0.1, 0.15) is 29.9 Å². The van der Waals surface area contributed by atoms with Gasteiger partial charge in [0.05, 0.1) is 13.7 Å². The Morgan fingerprint density at radius 1 is 0.881 bits per heavy atom. The highest BCUT2D eigenvalue weighted by Crippen LogP contribution is 2.20. The normalized spacial score (nSPS) is 14.0. The van der Waals surface area contributed by atoms with Crippen LogP contribution in [0.5, 0.6) is 5.75 Å². The van der Waals surface area contributed by atoms with Gasteiger partial charge in [0, 0.05) is 29.9 Å². The number of aromatic nitrogens is 1. The predicted octanol–water partition coefficient (Wildman–Crippen LogP) is 0.652. The molecule has 0 aliphatic rings. The van der Waals surface area contributed by atoms with E-state index in [2.05, 4.69) is 20.9 Å². The van der Waals surface area contributed by atoms with Crippen molar-refractivity contribution in [1.29, 1.82) is 0 Å². The number of nitrogens with one attached hydrogen (secondary N) is 4. The van der Waals surface area contributed by atoms with Gasteiger partial charge in [0.15, 0.2) is 0 Å². The van der Waals surface area contributed by atoms with Crippen LogP contribution in [0.3, 0.4) is 0 Å². The molecule has 12 heteroatoms. The fourth-order valence-corrected chi connectivity index (χ4v) is 4.54. The lowest BCUT2D eigenvalue weighted by atomic mass is 10.00. The number of amides is 3. The molecule has 226 valence electrons. The van der Waals surface area contributed by atoms with Crippen LogP contribution < -0.4 is 21.7 Å². The summed E-state index contributed by atoms with van der Waals surface area (Å²) in [6.45, 7) is 3.18. The van der Waals surface area contributed by atoms with Crippen LogP contribution in [0.25, 0.3) is 10.9 Å². The van der Waals surface area contributed by atoms with Gasteiger partial charge >= 0.3 is 5.97 Å². The van der Waals surface area contributed by atoms with E-state index in [1.165, 1.54) is 19.2 Å². The molecule has 0 unspecified atom stereocenters. The van der Waals surface area contributed by atoms with Gasteiger partial charge < -0.3 is 41.6 Å². The fourth-order valence-electron chi connectivity index (χ4n) is 4.54. The molecule has 0 spiro atoms. The van der Waals surface area contributed by atoms with Crippen LogP contribution in [-0.4, -0.2) is 76.8 Å². The Morgan fingerprint density at radius 3 is 2.10 bits per heavy atom. The van der Waals surface area contributed by atoms with E-state index in [1.54, 1.807) is 18.3 Å². The number of phenolic OH excluding ortho intramolecular Hbond substituents is 1. The van der Waals surface area contributed by atoms with Crippen LogP contribution in [0.4, 0.5) is 0 Å². The number of hydrogen-bond donors (Lipinski definition) is 7. The van der Waals surface area contributed by atoms with Gasteiger partial charge in [-0.1, -0.05) is 44.2 Å². The minimum absolute atomic E-state index is 0.00949. The van der Waals surface area contributed by atoms with Crippen LogP contribution in [0.2, 0.25) is 0 Å². The summed E-state index contributed by atoms with van der Waals surface area (Å²) < 4.78 is 4.88. The maximum absolute atomic E-state index is 13.7. The second-order valence-corrected chi connectivity index (χ2v) is 10.6. The number of aromatic amines is 1. The number of ether oxygens (including phenoxy) is 1. The standard InChI is InChI=1S/C30H39N5O7/c1-17(2)12-26(30(41)42-3)35-29(40)25(14-19-15-32-23-7-5-4-6-21(19)23)34-28(39)24(33-27(38)22(31)16-36)13-18-8-10-20(37)11-9-18/h4-11,15,17,22,24-26,32,36-37H,12-14,16,31H2,1-3H3,(H,33,38)(H,34,39)(H,35,40)/t22-,24-,25+,26-/m0/s1. The molecule has 3 aromatic rings. The number of hydrogen-bond acceptors (Lipinski definition) is 8. The van der Waals surface area contributed by atoms with Gasteiger partial charge in [0.25, 0.3) is 0 Å². The van der Waals surface area contributed by atoms with E-state index in [0.29, 0.717) is 12.0 Å². The van der Waals surface area contributed by atoms with E-state index in [1.807, 2.05) is 38.1 Å². The number of aliphatic hydroxyl groups excluding tert-OH is 1. The quantitative estimate of drug-likeness (QED) is 0.135. The molecular formula is C30H39N5O7. The zero-order chi connectivity index (χ0) is 30.8. The van der Waals surface area contributed by atoms with Crippen LogP contribution in [0, 0.1) is 5.92 Å². The number of benzene rings is 2. The van der Waals surface area contributed by atoms with Crippen molar-refractivity contribution in [3.05, 3.63) is 65.9 Å². The zero-order valence-corrected chi connectivity index (χ0v) is 23.9. The minimum atomic E-state index is -1.26. The molecule has 1 aromatic heterocycles. The maximum atomic E-state index is 13.7. The van der Waals surface area contributed by atoms with Crippen molar-refractivity contribution in [1.82, 2.24) is 20.9 Å². The Hall–Kier alpha value is -4.42. The number of aliphatic hydroxyl groups is 1. The molecule has 12 nitrogen and oxygen atoms in total. The van der Waals surface area contributed by atoms with Gasteiger partial charge in [-0.15, -0.1) is 0 Å². The average molecular weight is 582 g/mol. The third kappa shape index (κ3) is 8.79. The van der Waals surface area contributed by atoms with Crippen molar-refractivity contribution in [2.45, 2.75) is 57.3 Å². The summed E-state index contributed by atoms with van der Waals surface area (Å²) in [6.07, 6.45) is 2.16. The fraction of sp³-hybridized carbons (Fsp3) is 0.400. The number of carbonyl (C=O) groups is 4. The number of phenols is 1. The summed E-state index contributed by atoms with van der Waals surface area (Å²) in [5, 5.41) is 27.8. The smallest absolute Gasteiger partial charge is 0.328 e. The highest BCUT2D eigenvalue weighted by molar-refractivity contribution is 5.95. The van der Waals surface area contributed by atoms with E-state index in [-0.39, 0.29) is 24.5 Å². The van der Waals surface area contributed by atoms with Crippen molar-refractivity contribution in [3.63, 3.8) is 0 Å². The van der Waals surface area contributed by atoms with E-state index in [4.69, 9.17) is 10.5 Å². The van der Waals surface area contributed by atoms with Gasteiger partial charge in [0.2, 0.25) is 17.7 Å². The van der Waals surface area contributed by atoms with E-state index >= 15 is 0 Å². The second-order valence-electron chi connectivity index (χ2n) is 10.6. The van der Waals surface area contributed by atoms with E-state index in [0.717, 1.165) is 16.5 Å². The number of rotatable bonds is 14. The van der Waals surface area contributed by atoms with Crippen molar-refractivity contribution in [2.24, 2.45) is 11.7 Å². The highest BCUT2D eigenvalue weighted by Gasteiger charge is 2.31. The predicted molar refractivity (Wildman–Crippen MR) is 156 cm³/mol. The zero-order valence-electron chi connectivity index (χ0n) is 23.9. The summed E-state index contributed by atoms with van der Waals surface area (Å²) >= 11 is 0.